The van der Waals surface area contributed by atoms with Crippen LogP contribution in [0.1, 0.15) is 17.2 Å². The second kappa shape index (κ2) is 5.68. The number of aromatic nitrogens is 1. The van der Waals surface area contributed by atoms with Crippen molar-refractivity contribution in [1.82, 2.24) is 10.4 Å². The first kappa shape index (κ1) is 14.0. The average molecular weight is 332 g/mol. The summed E-state index contributed by atoms with van der Waals surface area (Å²) in [4.78, 5) is 3.58. The van der Waals surface area contributed by atoms with Gasteiger partial charge in [0, 0.05) is 17.3 Å². The molecule has 0 aliphatic carbocycles. The molecule has 0 bridgehead atoms. The van der Waals surface area contributed by atoms with Gasteiger partial charge < -0.3 is 0 Å². The zero-order chi connectivity index (χ0) is 14.0. The highest BCUT2D eigenvalue weighted by molar-refractivity contribution is 9.10. The quantitative estimate of drug-likeness (QED) is 0.516. The zero-order valence-corrected chi connectivity index (χ0v) is 11.1. The zero-order valence-electron chi connectivity index (χ0n) is 9.50. The predicted octanol–water partition coefficient (Wildman–Crippen LogP) is 2.81. The molecule has 0 aliphatic rings. The van der Waals surface area contributed by atoms with Crippen LogP contribution in [0.25, 0.3) is 0 Å². The maximum Gasteiger partial charge on any atom is 0.146 e. The summed E-state index contributed by atoms with van der Waals surface area (Å²) < 4.78 is 41.5. The fourth-order valence-electron chi connectivity index (χ4n) is 1.76. The first-order valence-electron chi connectivity index (χ1n) is 5.25. The number of nitrogens with one attached hydrogen (secondary N) is 1. The molecule has 3 nitrogen and oxygen atoms in total. The van der Waals surface area contributed by atoms with Crippen molar-refractivity contribution in [3.8, 4) is 0 Å². The van der Waals surface area contributed by atoms with Crippen molar-refractivity contribution in [2.24, 2.45) is 5.84 Å². The van der Waals surface area contributed by atoms with Crippen LogP contribution in [0, 0.1) is 17.5 Å². The van der Waals surface area contributed by atoms with Gasteiger partial charge in [-0.3, -0.25) is 10.8 Å². The minimum Gasteiger partial charge on any atom is -0.271 e. The van der Waals surface area contributed by atoms with E-state index in [0.717, 1.165) is 12.3 Å². The molecule has 1 unspecified atom stereocenters. The van der Waals surface area contributed by atoms with E-state index >= 15 is 0 Å². The van der Waals surface area contributed by atoms with E-state index in [1.807, 2.05) is 0 Å². The van der Waals surface area contributed by atoms with E-state index in [1.165, 1.54) is 18.3 Å². The summed E-state index contributed by atoms with van der Waals surface area (Å²) in [5, 5.41) is 0. The van der Waals surface area contributed by atoms with Crippen LogP contribution in [0.2, 0.25) is 0 Å². The van der Waals surface area contributed by atoms with Crippen LogP contribution in [0.4, 0.5) is 13.2 Å². The standard InChI is InChI=1S/C12H9BrF3N3/c13-7-1-2-8(14)10(11(7)16)12(19-17)6-3-4-18-5-9(6)15/h1-5,12,19H,17H2. The number of benzene rings is 1. The highest BCUT2D eigenvalue weighted by atomic mass is 79.9. The lowest BCUT2D eigenvalue weighted by Gasteiger charge is -2.19. The van der Waals surface area contributed by atoms with Crippen molar-refractivity contribution >= 4 is 15.9 Å². The number of halogens is 4. The minimum absolute atomic E-state index is 0.00778. The van der Waals surface area contributed by atoms with E-state index in [1.54, 1.807) is 0 Å². The van der Waals surface area contributed by atoms with Gasteiger partial charge in [-0.2, -0.15) is 0 Å². The van der Waals surface area contributed by atoms with E-state index in [2.05, 4.69) is 26.3 Å². The third kappa shape index (κ3) is 2.63. The second-order valence-corrected chi connectivity index (χ2v) is 4.61. The molecule has 0 aliphatic heterocycles. The number of pyridine rings is 1. The van der Waals surface area contributed by atoms with Crippen molar-refractivity contribution in [3.63, 3.8) is 0 Å². The fourth-order valence-corrected chi connectivity index (χ4v) is 2.10. The van der Waals surface area contributed by atoms with Crippen LogP contribution in [0.15, 0.2) is 35.1 Å². The van der Waals surface area contributed by atoms with Gasteiger partial charge in [-0.15, -0.1) is 0 Å². The van der Waals surface area contributed by atoms with E-state index < -0.39 is 23.5 Å². The van der Waals surface area contributed by atoms with Gasteiger partial charge >= 0.3 is 0 Å². The summed E-state index contributed by atoms with van der Waals surface area (Å²) in [6.45, 7) is 0. The third-order valence-electron chi connectivity index (χ3n) is 2.65. The summed E-state index contributed by atoms with van der Waals surface area (Å²) in [6.07, 6.45) is 2.27. The Kier molecular flexibility index (Phi) is 4.18. The van der Waals surface area contributed by atoms with Crippen LogP contribution in [-0.4, -0.2) is 4.98 Å². The first-order valence-corrected chi connectivity index (χ1v) is 6.04. The third-order valence-corrected chi connectivity index (χ3v) is 3.26. The summed E-state index contributed by atoms with van der Waals surface area (Å²) in [6, 6.07) is 2.46. The molecule has 2 aromatic rings. The molecule has 3 N–H and O–H groups in total. The Bertz CT molecular complexity index is 607. The smallest absolute Gasteiger partial charge is 0.146 e. The number of nitrogens with zero attached hydrogens (tertiary/aromatic N) is 1. The molecule has 0 amide bonds. The van der Waals surface area contributed by atoms with Gasteiger partial charge in [-0.05, 0) is 34.1 Å². The highest BCUT2D eigenvalue weighted by Crippen LogP contribution is 2.31. The number of hydrazine groups is 1. The van der Waals surface area contributed by atoms with Gasteiger partial charge in [0.15, 0.2) is 0 Å². The summed E-state index contributed by atoms with van der Waals surface area (Å²) >= 11 is 2.95. The van der Waals surface area contributed by atoms with E-state index in [0.29, 0.717) is 0 Å². The molecule has 100 valence electrons. The van der Waals surface area contributed by atoms with Gasteiger partial charge in [0.25, 0.3) is 0 Å². The van der Waals surface area contributed by atoms with Crippen LogP contribution in [-0.2, 0) is 0 Å². The number of nitrogens with two attached hydrogens (primary N) is 1. The summed E-state index contributed by atoms with van der Waals surface area (Å²) in [5.41, 5.74) is 1.86. The van der Waals surface area contributed by atoms with Crippen LogP contribution in [0.3, 0.4) is 0 Å². The molecule has 1 aromatic heterocycles. The van der Waals surface area contributed by atoms with Crippen molar-refractivity contribution in [2.75, 3.05) is 0 Å². The van der Waals surface area contributed by atoms with Gasteiger partial charge in [-0.1, -0.05) is 0 Å². The monoisotopic (exact) mass is 331 g/mol. The average Bonchev–Trinajstić information content (AvgIpc) is 2.40. The molecular formula is C12H9BrF3N3. The lowest BCUT2D eigenvalue weighted by atomic mass is 9.99. The molecule has 1 aromatic carbocycles. The van der Waals surface area contributed by atoms with Crippen molar-refractivity contribution in [3.05, 3.63) is 63.6 Å². The van der Waals surface area contributed by atoms with Crippen molar-refractivity contribution in [2.45, 2.75) is 6.04 Å². The van der Waals surface area contributed by atoms with E-state index in [-0.39, 0.29) is 15.6 Å². The maximum atomic E-state index is 14.0. The number of rotatable bonds is 3. The Balaban J connectivity index is 2.61. The Morgan fingerprint density at radius 1 is 1.16 bits per heavy atom. The molecule has 0 fully saturated rings. The van der Waals surface area contributed by atoms with E-state index in [4.69, 9.17) is 5.84 Å². The van der Waals surface area contributed by atoms with Crippen LogP contribution < -0.4 is 11.3 Å². The Labute approximate surface area is 115 Å². The van der Waals surface area contributed by atoms with Crippen molar-refractivity contribution in [1.29, 1.82) is 0 Å². The molecule has 0 radical (unpaired) electrons. The molecule has 2 rings (SSSR count). The number of hydrogen-bond donors (Lipinski definition) is 2. The Hall–Kier alpha value is -1.44. The summed E-state index contributed by atoms with van der Waals surface area (Å²) in [5.74, 6) is 2.95. The molecule has 19 heavy (non-hydrogen) atoms. The number of hydrogen-bond acceptors (Lipinski definition) is 3. The molecule has 1 atom stereocenters. The lowest BCUT2D eigenvalue weighted by Crippen LogP contribution is -2.31. The van der Waals surface area contributed by atoms with Crippen LogP contribution >= 0.6 is 15.9 Å². The normalized spacial score (nSPS) is 12.5. The lowest BCUT2D eigenvalue weighted by molar-refractivity contribution is 0.492. The Morgan fingerprint density at radius 2 is 1.89 bits per heavy atom. The van der Waals surface area contributed by atoms with Crippen LogP contribution in [0.5, 0.6) is 0 Å². The first-order chi connectivity index (χ1) is 9.06. The van der Waals surface area contributed by atoms with E-state index in [9.17, 15) is 13.2 Å². The highest BCUT2D eigenvalue weighted by Gasteiger charge is 2.24. The van der Waals surface area contributed by atoms with Gasteiger partial charge in [-0.25, -0.2) is 18.6 Å². The molecule has 1 heterocycles. The van der Waals surface area contributed by atoms with Gasteiger partial charge in [0.2, 0.25) is 0 Å². The van der Waals surface area contributed by atoms with Crippen molar-refractivity contribution < 1.29 is 13.2 Å². The van der Waals surface area contributed by atoms with Gasteiger partial charge in [0.05, 0.1) is 16.7 Å². The maximum absolute atomic E-state index is 14.0. The van der Waals surface area contributed by atoms with Gasteiger partial charge in [0.1, 0.15) is 17.5 Å². The SMILES string of the molecule is NNC(c1ccncc1F)c1c(F)ccc(Br)c1F. The predicted molar refractivity (Wildman–Crippen MR) is 67.4 cm³/mol. The second-order valence-electron chi connectivity index (χ2n) is 3.75. The molecular weight excluding hydrogens is 323 g/mol. The molecule has 7 heteroatoms. The topological polar surface area (TPSA) is 50.9 Å². The fraction of sp³-hybridized carbons (Fsp3) is 0.0833. The minimum atomic E-state index is -1.15. The Morgan fingerprint density at radius 3 is 2.53 bits per heavy atom. The largest absolute Gasteiger partial charge is 0.271 e. The summed E-state index contributed by atoms with van der Waals surface area (Å²) in [7, 11) is 0. The molecule has 0 spiro atoms. The molecule has 0 saturated heterocycles. The molecule has 0 saturated carbocycles.